The number of thioether (sulfide) groups is 1. The van der Waals surface area contributed by atoms with E-state index in [2.05, 4.69) is 15.3 Å². The summed E-state index contributed by atoms with van der Waals surface area (Å²) in [6.45, 7) is 1.80. The summed E-state index contributed by atoms with van der Waals surface area (Å²) in [5.41, 5.74) is 0.227. The van der Waals surface area contributed by atoms with Gasteiger partial charge in [-0.2, -0.15) is 0 Å². The van der Waals surface area contributed by atoms with Gasteiger partial charge in [-0.25, -0.2) is 23.7 Å². The van der Waals surface area contributed by atoms with Crippen LogP contribution in [-0.4, -0.2) is 33.4 Å². The van der Waals surface area contributed by atoms with Crippen molar-refractivity contribution in [3.8, 4) is 0 Å². The van der Waals surface area contributed by atoms with Crippen LogP contribution in [0.1, 0.15) is 27.3 Å². The maximum atomic E-state index is 15.0. The molecule has 2 atom stereocenters. The molecule has 2 aliphatic heterocycles. The van der Waals surface area contributed by atoms with Crippen LogP contribution in [-0.2, 0) is 10.3 Å². The van der Waals surface area contributed by atoms with E-state index in [9.17, 15) is 9.18 Å². The van der Waals surface area contributed by atoms with E-state index in [0.717, 1.165) is 6.07 Å². The largest absolute Gasteiger partial charge is 0.490 e. The highest BCUT2D eigenvalue weighted by Gasteiger charge is 2.48. The van der Waals surface area contributed by atoms with E-state index in [-0.39, 0.29) is 24.0 Å². The monoisotopic (exact) mass is 478 g/mol. The van der Waals surface area contributed by atoms with Gasteiger partial charge in [-0.1, -0.05) is 36.0 Å². The number of aryl methyl sites for hydroxylation is 1. The van der Waals surface area contributed by atoms with Gasteiger partial charge < -0.3 is 10.1 Å². The SMILES string of the molecule is Cc1ncc(C2=C[C@H]3CSC(NC(=O)c4ccccc4)=N[C@@]3(c3ccc(F)cc3F)CO2)cn1. The van der Waals surface area contributed by atoms with Crippen LogP contribution >= 0.6 is 11.8 Å². The number of nitrogens with one attached hydrogen (secondary N) is 1. The third-order valence-corrected chi connectivity index (χ3v) is 6.83. The maximum Gasteiger partial charge on any atom is 0.257 e. The topological polar surface area (TPSA) is 76.5 Å². The highest BCUT2D eigenvalue weighted by Crippen LogP contribution is 2.46. The first-order valence-electron chi connectivity index (χ1n) is 10.6. The van der Waals surface area contributed by atoms with Gasteiger partial charge in [0.15, 0.2) is 5.17 Å². The van der Waals surface area contributed by atoms with Crippen LogP contribution in [0, 0.1) is 24.5 Å². The summed E-state index contributed by atoms with van der Waals surface area (Å²) >= 11 is 1.36. The standard InChI is InChI=1S/C25H20F2N4O2S/c1-15-28-11-17(12-29-15)22-9-18-13-34-24(30-23(32)16-5-3-2-4-6-16)31-25(18,14-33-22)20-8-7-19(26)10-21(20)27/h2-12,18H,13-14H2,1H3,(H,30,31,32)/t18-,25-/m0/s1. The minimum absolute atomic E-state index is 0.00516. The van der Waals surface area contributed by atoms with Gasteiger partial charge >= 0.3 is 0 Å². The zero-order chi connectivity index (χ0) is 23.7. The molecule has 0 unspecified atom stereocenters. The van der Waals surface area contributed by atoms with Gasteiger partial charge in [0, 0.05) is 41.3 Å². The molecule has 6 nitrogen and oxygen atoms in total. The summed E-state index contributed by atoms with van der Waals surface area (Å²) in [4.78, 5) is 25.9. The predicted molar refractivity (Wildman–Crippen MR) is 126 cm³/mol. The minimum atomic E-state index is -1.17. The van der Waals surface area contributed by atoms with Gasteiger partial charge in [-0.05, 0) is 31.2 Å². The van der Waals surface area contributed by atoms with Crippen LogP contribution in [0.2, 0.25) is 0 Å². The van der Waals surface area contributed by atoms with Crippen LogP contribution in [0.15, 0.2) is 72.0 Å². The molecular weight excluding hydrogens is 458 g/mol. The number of hydrogen-bond donors (Lipinski definition) is 1. The summed E-state index contributed by atoms with van der Waals surface area (Å²) in [7, 11) is 0. The molecule has 5 rings (SSSR count). The molecule has 34 heavy (non-hydrogen) atoms. The summed E-state index contributed by atoms with van der Waals surface area (Å²) in [5, 5.41) is 3.18. The molecule has 3 aromatic rings. The smallest absolute Gasteiger partial charge is 0.257 e. The normalized spacial score (nSPS) is 21.6. The molecule has 0 saturated heterocycles. The molecule has 9 heteroatoms. The molecule has 172 valence electrons. The molecule has 0 fully saturated rings. The quantitative estimate of drug-likeness (QED) is 0.601. The van der Waals surface area contributed by atoms with E-state index in [0.29, 0.717) is 33.6 Å². The lowest BCUT2D eigenvalue weighted by molar-refractivity contribution is 0.0975. The van der Waals surface area contributed by atoms with Crippen molar-refractivity contribution in [2.45, 2.75) is 12.5 Å². The second-order valence-corrected chi connectivity index (χ2v) is 9.05. The molecule has 0 spiro atoms. The molecule has 0 aliphatic carbocycles. The number of amides is 1. The number of hydrogen-bond acceptors (Lipinski definition) is 6. The van der Waals surface area contributed by atoms with E-state index < -0.39 is 17.2 Å². The Morgan fingerprint density at radius 2 is 1.91 bits per heavy atom. The second-order valence-electron chi connectivity index (χ2n) is 8.04. The highest BCUT2D eigenvalue weighted by molar-refractivity contribution is 8.13. The Balaban J connectivity index is 1.54. The number of rotatable bonds is 3. The van der Waals surface area contributed by atoms with Crippen molar-refractivity contribution in [1.29, 1.82) is 0 Å². The Labute approximate surface area is 199 Å². The van der Waals surface area contributed by atoms with Crippen molar-refractivity contribution in [3.05, 3.63) is 101 Å². The molecular formula is C25H20F2N4O2S. The fourth-order valence-corrected chi connectivity index (χ4v) is 5.15. The average Bonchev–Trinajstić information content (AvgIpc) is 2.84. The van der Waals surface area contributed by atoms with Crippen LogP contribution in [0.3, 0.4) is 0 Å². The Morgan fingerprint density at radius 3 is 2.65 bits per heavy atom. The maximum absolute atomic E-state index is 15.0. The van der Waals surface area contributed by atoms with Crippen molar-refractivity contribution >= 4 is 28.6 Å². The zero-order valence-electron chi connectivity index (χ0n) is 18.2. The highest BCUT2D eigenvalue weighted by atomic mass is 32.2. The molecule has 3 heterocycles. The van der Waals surface area contributed by atoms with Gasteiger partial charge in [-0.15, -0.1) is 0 Å². The predicted octanol–water partition coefficient (Wildman–Crippen LogP) is 4.48. The van der Waals surface area contributed by atoms with Crippen LogP contribution in [0.5, 0.6) is 0 Å². The number of nitrogens with zero attached hydrogens (tertiary/aromatic N) is 3. The van der Waals surface area contributed by atoms with Crippen molar-refractivity contribution in [3.63, 3.8) is 0 Å². The number of halogens is 2. The first-order chi connectivity index (χ1) is 16.4. The summed E-state index contributed by atoms with van der Waals surface area (Å²) in [5.74, 6) is -0.260. The van der Waals surface area contributed by atoms with E-state index in [4.69, 9.17) is 9.73 Å². The molecule has 0 saturated carbocycles. The van der Waals surface area contributed by atoms with Crippen molar-refractivity contribution in [2.75, 3.05) is 12.4 Å². The van der Waals surface area contributed by atoms with Crippen molar-refractivity contribution < 1.29 is 18.3 Å². The first-order valence-corrected chi connectivity index (χ1v) is 11.6. The Hall–Kier alpha value is -3.59. The fraction of sp³-hybridized carbons (Fsp3) is 0.200. The molecule has 2 aliphatic rings. The van der Waals surface area contributed by atoms with Gasteiger partial charge in [0.25, 0.3) is 5.91 Å². The van der Waals surface area contributed by atoms with Crippen LogP contribution < -0.4 is 5.32 Å². The molecule has 2 aromatic carbocycles. The lowest BCUT2D eigenvalue weighted by atomic mass is 9.77. The Bertz CT molecular complexity index is 1300. The van der Waals surface area contributed by atoms with E-state index >= 15 is 4.39 Å². The number of carbonyl (C=O) groups is 1. The zero-order valence-corrected chi connectivity index (χ0v) is 19.0. The van der Waals surface area contributed by atoms with Gasteiger partial charge in [0.05, 0.1) is 5.56 Å². The van der Waals surface area contributed by atoms with Gasteiger partial charge in [0.1, 0.15) is 35.4 Å². The average molecular weight is 479 g/mol. The third kappa shape index (κ3) is 4.19. The molecule has 1 amide bonds. The number of aliphatic imine (C=N–C) groups is 1. The Kier molecular flexibility index (Phi) is 5.87. The third-order valence-electron chi connectivity index (χ3n) is 5.83. The van der Waals surface area contributed by atoms with Crippen molar-refractivity contribution in [2.24, 2.45) is 10.9 Å². The summed E-state index contributed by atoms with van der Waals surface area (Å²) in [6.07, 6.45) is 5.22. The first kappa shape index (κ1) is 22.2. The minimum Gasteiger partial charge on any atom is -0.490 e. The lowest BCUT2D eigenvalue weighted by Gasteiger charge is -2.43. The van der Waals surface area contributed by atoms with Gasteiger partial charge in [-0.3, -0.25) is 4.79 Å². The van der Waals surface area contributed by atoms with E-state index in [1.54, 1.807) is 43.6 Å². The summed E-state index contributed by atoms with van der Waals surface area (Å²) in [6, 6.07) is 12.2. The lowest BCUT2D eigenvalue weighted by Crippen LogP contribution is -2.47. The number of aromatic nitrogens is 2. The van der Waals surface area contributed by atoms with Crippen LogP contribution in [0.4, 0.5) is 8.78 Å². The van der Waals surface area contributed by atoms with Gasteiger partial charge in [0.2, 0.25) is 0 Å². The van der Waals surface area contributed by atoms with E-state index in [1.807, 2.05) is 12.1 Å². The molecule has 1 N–H and O–H groups in total. The fourth-order valence-electron chi connectivity index (χ4n) is 4.05. The van der Waals surface area contributed by atoms with E-state index in [1.165, 1.54) is 23.9 Å². The number of amidine groups is 1. The number of fused-ring (bicyclic) bond motifs is 1. The number of carbonyl (C=O) groups excluding carboxylic acids is 1. The Morgan fingerprint density at radius 1 is 1.15 bits per heavy atom. The number of ether oxygens (including phenoxy) is 1. The van der Waals surface area contributed by atoms with Crippen molar-refractivity contribution in [1.82, 2.24) is 15.3 Å². The number of benzene rings is 2. The second kappa shape index (κ2) is 8.98. The summed E-state index contributed by atoms with van der Waals surface area (Å²) < 4.78 is 34.8. The molecule has 1 aromatic heterocycles. The molecule has 0 radical (unpaired) electrons. The molecule has 0 bridgehead atoms. The van der Waals surface area contributed by atoms with Crippen LogP contribution in [0.25, 0.3) is 5.76 Å².